The second kappa shape index (κ2) is 8.49. The Kier molecular flexibility index (Phi) is 5.86. The molecule has 0 spiro atoms. The summed E-state index contributed by atoms with van der Waals surface area (Å²) in [5.74, 6) is 1.47. The van der Waals surface area contributed by atoms with Gasteiger partial charge in [-0.1, -0.05) is 31.2 Å². The predicted octanol–water partition coefficient (Wildman–Crippen LogP) is 4.84. The van der Waals surface area contributed by atoms with Crippen LogP contribution in [0, 0.1) is 0 Å². The van der Waals surface area contributed by atoms with E-state index in [2.05, 4.69) is 46.7 Å². The first-order valence-electron chi connectivity index (χ1n) is 8.29. The standard InChI is InChI=1S/C20H21N3O2S/c1-4-14-5-7-15(8-6-14)12-21-23-20-22-18(13-26-20)17-10-9-16(24-2)11-19(17)25-3/h5-13H,4H2,1-3H3,(H,22,23)/b21-12-. The van der Waals surface area contributed by atoms with Gasteiger partial charge in [0, 0.05) is 17.0 Å². The van der Waals surface area contributed by atoms with Crippen molar-refractivity contribution in [3.8, 4) is 22.8 Å². The molecular formula is C20H21N3O2S. The second-order valence-electron chi connectivity index (χ2n) is 5.57. The number of hydrogen-bond acceptors (Lipinski definition) is 6. The number of aromatic nitrogens is 1. The summed E-state index contributed by atoms with van der Waals surface area (Å²) >= 11 is 1.49. The van der Waals surface area contributed by atoms with Crippen LogP contribution in [0.4, 0.5) is 5.13 Å². The Morgan fingerprint density at radius 2 is 1.92 bits per heavy atom. The minimum absolute atomic E-state index is 0.722. The Morgan fingerprint density at radius 3 is 2.62 bits per heavy atom. The van der Waals surface area contributed by atoms with Crippen LogP contribution in [-0.4, -0.2) is 25.4 Å². The zero-order chi connectivity index (χ0) is 18.4. The number of thiazole rings is 1. The monoisotopic (exact) mass is 367 g/mol. The van der Waals surface area contributed by atoms with Gasteiger partial charge in [0.2, 0.25) is 5.13 Å². The molecule has 0 amide bonds. The SMILES string of the molecule is CCc1ccc(/C=N\Nc2nc(-c3ccc(OC)cc3OC)cs2)cc1. The highest BCUT2D eigenvalue weighted by Gasteiger charge is 2.11. The Balaban J connectivity index is 1.70. The van der Waals surface area contributed by atoms with Crippen LogP contribution in [0.15, 0.2) is 52.9 Å². The van der Waals surface area contributed by atoms with Gasteiger partial charge in [-0.05, 0) is 29.7 Å². The second-order valence-corrected chi connectivity index (χ2v) is 6.43. The summed E-state index contributed by atoms with van der Waals surface area (Å²) in [6.07, 6.45) is 2.82. The highest BCUT2D eigenvalue weighted by Crippen LogP contribution is 2.34. The molecule has 0 atom stereocenters. The molecule has 1 aromatic heterocycles. The molecule has 26 heavy (non-hydrogen) atoms. The number of hydrogen-bond donors (Lipinski definition) is 1. The molecule has 5 nitrogen and oxygen atoms in total. The Hall–Kier alpha value is -2.86. The van der Waals surface area contributed by atoms with Gasteiger partial charge in [0.05, 0.1) is 26.1 Å². The van der Waals surface area contributed by atoms with Crippen LogP contribution in [0.25, 0.3) is 11.3 Å². The fraction of sp³-hybridized carbons (Fsp3) is 0.200. The van der Waals surface area contributed by atoms with Gasteiger partial charge in [0.25, 0.3) is 0 Å². The number of nitrogens with one attached hydrogen (secondary N) is 1. The molecule has 2 aromatic carbocycles. The van der Waals surface area contributed by atoms with Crippen molar-refractivity contribution in [2.75, 3.05) is 19.6 Å². The number of ether oxygens (including phenoxy) is 2. The molecule has 0 saturated carbocycles. The fourth-order valence-electron chi connectivity index (χ4n) is 2.46. The van der Waals surface area contributed by atoms with Crippen molar-refractivity contribution in [1.29, 1.82) is 0 Å². The van der Waals surface area contributed by atoms with Gasteiger partial charge in [0.1, 0.15) is 11.5 Å². The van der Waals surface area contributed by atoms with Crippen LogP contribution >= 0.6 is 11.3 Å². The molecule has 0 fully saturated rings. The molecular weight excluding hydrogens is 346 g/mol. The van der Waals surface area contributed by atoms with Crippen molar-refractivity contribution in [3.63, 3.8) is 0 Å². The largest absolute Gasteiger partial charge is 0.497 e. The molecule has 0 unspecified atom stereocenters. The van der Waals surface area contributed by atoms with E-state index in [1.807, 2.05) is 23.6 Å². The molecule has 0 radical (unpaired) electrons. The van der Waals surface area contributed by atoms with Crippen molar-refractivity contribution in [2.45, 2.75) is 13.3 Å². The summed E-state index contributed by atoms with van der Waals surface area (Å²) in [5, 5.41) is 6.96. The first-order valence-corrected chi connectivity index (χ1v) is 9.17. The lowest BCUT2D eigenvalue weighted by Crippen LogP contribution is -1.92. The third kappa shape index (κ3) is 4.21. The van der Waals surface area contributed by atoms with E-state index < -0.39 is 0 Å². The normalized spacial score (nSPS) is 10.9. The number of aryl methyl sites for hydroxylation is 1. The van der Waals surface area contributed by atoms with Crippen molar-refractivity contribution in [2.24, 2.45) is 5.10 Å². The number of nitrogens with zero attached hydrogens (tertiary/aromatic N) is 2. The summed E-state index contributed by atoms with van der Waals surface area (Å²) in [5.41, 5.74) is 7.09. The zero-order valence-electron chi connectivity index (χ0n) is 15.0. The first-order chi connectivity index (χ1) is 12.7. The molecule has 0 aliphatic heterocycles. The topological polar surface area (TPSA) is 55.7 Å². The third-order valence-electron chi connectivity index (χ3n) is 3.95. The summed E-state index contributed by atoms with van der Waals surface area (Å²) in [6, 6.07) is 14.0. The number of anilines is 1. The predicted molar refractivity (Wildman–Crippen MR) is 108 cm³/mol. The number of methoxy groups -OCH3 is 2. The highest BCUT2D eigenvalue weighted by molar-refractivity contribution is 7.14. The number of benzene rings is 2. The molecule has 0 aliphatic rings. The summed E-state index contributed by atoms with van der Waals surface area (Å²) in [7, 11) is 3.27. The molecule has 3 aromatic rings. The van der Waals surface area contributed by atoms with Crippen LogP contribution < -0.4 is 14.9 Å². The average Bonchev–Trinajstić information content (AvgIpc) is 3.16. The van der Waals surface area contributed by atoms with Gasteiger partial charge in [-0.2, -0.15) is 5.10 Å². The Labute approximate surface area is 157 Å². The lowest BCUT2D eigenvalue weighted by molar-refractivity contribution is 0.395. The van der Waals surface area contributed by atoms with Crippen molar-refractivity contribution in [3.05, 3.63) is 59.0 Å². The maximum Gasteiger partial charge on any atom is 0.203 e. The van der Waals surface area contributed by atoms with E-state index in [0.717, 1.165) is 39.9 Å². The molecule has 1 heterocycles. The quantitative estimate of drug-likeness (QED) is 0.480. The smallest absolute Gasteiger partial charge is 0.203 e. The van der Waals surface area contributed by atoms with Gasteiger partial charge >= 0.3 is 0 Å². The lowest BCUT2D eigenvalue weighted by atomic mass is 10.1. The Morgan fingerprint density at radius 1 is 1.12 bits per heavy atom. The van der Waals surface area contributed by atoms with Gasteiger partial charge in [-0.15, -0.1) is 11.3 Å². The van der Waals surface area contributed by atoms with E-state index in [-0.39, 0.29) is 0 Å². The summed E-state index contributed by atoms with van der Waals surface area (Å²) < 4.78 is 10.7. The van der Waals surface area contributed by atoms with Crippen LogP contribution in [0.2, 0.25) is 0 Å². The third-order valence-corrected chi connectivity index (χ3v) is 4.70. The summed E-state index contributed by atoms with van der Waals surface area (Å²) in [4.78, 5) is 4.58. The molecule has 1 N–H and O–H groups in total. The van der Waals surface area contributed by atoms with E-state index in [9.17, 15) is 0 Å². The molecule has 0 aliphatic carbocycles. The molecule has 3 rings (SSSR count). The molecule has 134 valence electrons. The average molecular weight is 367 g/mol. The van der Waals surface area contributed by atoms with Crippen molar-refractivity contribution < 1.29 is 9.47 Å². The zero-order valence-corrected chi connectivity index (χ0v) is 15.8. The maximum atomic E-state index is 5.44. The molecule has 0 saturated heterocycles. The van der Waals surface area contributed by atoms with E-state index in [1.54, 1.807) is 20.4 Å². The van der Waals surface area contributed by atoms with E-state index in [0.29, 0.717) is 0 Å². The summed E-state index contributed by atoms with van der Waals surface area (Å²) in [6.45, 7) is 2.14. The minimum atomic E-state index is 0.722. The number of rotatable bonds is 7. The van der Waals surface area contributed by atoms with Crippen molar-refractivity contribution >= 4 is 22.7 Å². The van der Waals surface area contributed by atoms with Crippen LogP contribution in [-0.2, 0) is 6.42 Å². The maximum absolute atomic E-state index is 5.44. The van der Waals surface area contributed by atoms with Crippen LogP contribution in [0.1, 0.15) is 18.1 Å². The minimum Gasteiger partial charge on any atom is -0.497 e. The highest BCUT2D eigenvalue weighted by atomic mass is 32.1. The van der Waals surface area contributed by atoms with Gasteiger partial charge in [0.15, 0.2) is 0 Å². The van der Waals surface area contributed by atoms with E-state index >= 15 is 0 Å². The van der Waals surface area contributed by atoms with Crippen LogP contribution in [0.5, 0.6) is 11.5 Å². The van der Waals surface area contributed by atoms with Gasteiger partial charge in [-0.3, -0.25) is 5.43 Å². The first kappa shape index (κ1) is 17.9. The number of hydrazone groups is 1. The molecule has 0 bridgehead atoms. The Bertz CT molecular complexity index is 888. The van der Waals surface area contributed by atoms with E-state index in [4.69, 9.17) is 9.47 Å². The fourth-order valence-corrected chi connectivity index (χ4v) is 3.12. The molecule has 6 heteroatoms. The van der Waals surface area contributed by atoms with Gasteiger partial charge in [-0.25, -0.2) is 4.98 Å². The van der Waals surface area contributed by atoms with Gasteiger partial charge < -0.3 is 9.47 Å². The van der Waals surface area contributed by atoms with E-state index in [1.165, 1.54) is 16.9 Å². The van der Waals surface area contributed by atoms with Crippen LogP contribution in [0.3, 0.4) is 0 Å². The lowest BCUT2D eigenvalue weighted by Gasteiger charge is -2.08. The van der Waals surface area contributed by atoms with Crippen molar-refractivity contribution in [1.82, 2.24) is 4.98 Å².